The number of carbonyl (C=O) groups is 1. The van der Waals surface area contributed by atoms with Crippen molar-refractivity contribution in [3.05, 3.63) is 51.3 Å². The summed E-state index contributed by atoms with van der Waals surface area (Å²) in [5.41, 5.74) is 4.74. The molecule has 2 aromatic heterocycles. The van der Waals surface area contributed by atoms with E-state index in [4.69, 9.17) is 0 Å². The molecule has 0 spiro atoms. The first kappa shape index (κ1) is 13.8. The van der Waals surface area contributed by atoms with Crippen molar-refractivity contribution in [1.82, 2.24) is 20.5 Å². The van der Waals surface area contributed by atoms with Crippen LogP contribution in [-0.2, 0) is 11.3 Å². The highest BCUT2D eigenvalue weighted by Crippen LogP contribution is 2.27. The smallest absolute Gasteiger partial charge is 0.247 e. The number of aromatic nitrogens is 3. The molecule has 0 bridgehead atoms. The van der Waals surface area contributed by atoms with Gasteiger partial charge in [0.2, 0.25) is 5.91 Å². The maximum absolute atomic E-state index is 12.2. The molecule has 1 aliphatic rings. The van der Waals surface area contributed by atoms with Crippen molar-refractivity contribution >= 4 is 22.8 Å². The Balaban J connectivity index is 1.63. The zero-order chi connectivity index (χ0) is 14.8. The first-order valence-electron chi connectivity index (χ1n) is 6.74. The van der Waals surface area contributed by atoms with E-state index in [1.54, 1.807) is 17.5 Å². The molecule has 2 heterocycles. The van der Waals surface area contributed by atoms with Gasteiger partial charge in [-0.2, -0.15) is 5.10 Å². The third kappa shape index (κ3) is 2.95. The monoisotopic (exact) mass is 300 g/mol. The van der Waals surface area contributed by atoms with Crippen LogP contribution in [0.15, 0.2) is 29.3 Å². The summed E-state index contributed by atoms with van der Waals surface area (Å²) < 4.78 is 0. The summed E-state index contributed by atoms with van der Waals surface area (Å²) in [7, 11) is 0. The Bertz CT molecular complexity index is 738. The number of nitrogens with zero attached hydrogens (tertiary/aromatic N) is 2. The molecule has 0 fully saturated rings. The Hall–Kier alpha value is -2.21. The predicted molar refractivity (Wildman–Crippen MR) is 82.7 cm³/mol. The van der Waals surface area contributed by atoms with Gasteiger partial charge in [0.25, 0.3) is 0 Å². The second kappa shape index (κ2) is 5.65. The van der Waals surface area contributed by atoms with Gasteiger partial charge in [-0.1, -0.05) is 6.08 Å². The fourth-order valence-corrected chi connectivity index (χ4v) is 2.82. The molecule has 2 aromatic rings. The highest BCUT2D eigenvalue weighted by Gasteiger charge is 2.16. The van der Waals surface area contributed by atoms with E-state index in [0.717, 1.165) is 33.1 Å². The van der Waals surface area contributed by atoms with Crippen molar-refractivity contribution < 1.29 is 4.79 Å². The van der Waals surface area contributed by atoms with Crippen LogP contribution in [0.25, 0.3) is 5.57 Å². The SMILES string of the molecule is Cc1nc(C2=CCC(C(=O)NCc3cn[nH]c3C)=C2)cs1. The van der Waals surface area contributed by atoms with E-state index in [1.807, 2.05) is 31.4 Å². The molecule has 3 rings (SSSR count). The molecule has 5 nitrogen and oxygen atoms in total. The van der Waals surface area contributed by atoms with Gasteiger partial charge in [-0.3, -0.25) is 9.89 Å². The quantitative estimate of drug-likeness (QED) is 0.911. The number of rotatable bonds is 4. The Morgan fingerprint density at radius 2 is 2.33 bits per heavy atom. The van der Waals surface area contributed by atoms with Crippen molar-refractivity contribution in [2.45, 2.75) is 26.8 Å². The summed E-state index contributed by atoms with van der Waals surface area (Å²) in [5.74, 6) is -0.0335. The number of amides is 1. The van der Waals surface area contributed by atoms with Crippen LogP contribution in [0.4, 0.5) is 0 Å². The molecule has 2 N–H and O–H groups in total. The average molecular weight is 300 g/mol. The molecule has 1 aliphatic carbocycles. The van der Waals surface area contributed by atoms with E-state index >= 15 is 0 Å². The molecule has 1 amide bonds. The highest BCUT2D eigenvalue weighted by atomic mass is 32.1. The fourth-order valence-electron chi connectivity index (χ4n) is 2.20. The lowest BCUT2D eigenvalue weighted by molar-refractivity contribution is -0.117. The number of hydrogen-bond donors (Lipinski definition) is 2. The second-order valence-electron chi connectivity index (χ2n) is 4.99. The number of nitrogens with one attached hydrogen (secondary N) is 2. The summed E-state index contributed by atoms with van der Waals surface area (Å²) >= 11 is 1.62. The molecule has 0 atom stereocenters. The molecule has 0 saturated heterocycles. The van der Waals surface area contributed by atoms with Crippen LogP contribution in [0.1, 0.15) is 28.4 Å². The Kier molecular flexibility index (Phi) is 3.70. The lowest BCUT2D eigenvalue weighted by atomic mass is 10.2. The zero-order valence-corrected chi connectivity index (χ0v) is 12.8. The fraction of sp³-hybridized carbons (Fsp3) is 0.267. The average Bonchev–Trinajstić information content (AvgIpc) is 3.16. The number of aryl methyl sites for hydroxylation is 2. The van der Waals surface area contributed by atoms with Crippen molar-refractivity contribution in [2.24, 2.45) is 0 Å². The second-order valence-corrected chi connectivity index (χ2v) is 6.05. The van der Waals surface area contributed by atoms with E-state index < -0.39 is 0 Å². The maximum atomic E-state index is 12.2. The van der Waals surface area contributed by atoms with Gasteiger partial charge in [0.15, 0.2) is 0 Å². The number of allylic oxidation sites excluding steroid dienone is 3. The van der Waals surface area contributed by atoms with Gasteiger partial charge in [-0.25, -0.2) is 4.98 Å². The summed E-state index contributed by atoms with van der Waals surface area (Å²) in [4.78, 5) is 16.6. The summed E-state index contributed by atoms with van der Waals surface area (Å²) in [6.45, 7) is 4.41. The van der Waals surface area contributed by atoms with Crippen molar-refractivity contribution in [2.75, 3.05) is 0 Å². The largest absolute Gasteiger partial charge is 0.348 e. The molecule has 0 radical (unpaired) electrons. The molecule has 0 aromatic carbocycles. The van der Waals surface area contributed by atoms with Gasteiger partial charge in [-0.05, 0) is 31.9 Å². The van der Waals surface area contributed by atoms with E-state index in [-0.39, 0.29) is 5.91 Å². The number of thiazole rings is 1. The molecular weight excluding hydrogens is 284 g/mol. The summed E-state index contributed by atoms with van der Waals surface area (Å²) in [6, 6.07) is 0. The third-order valence-electron chi connectivity index (χ3n) is 3.45. The van der Waals surface area contributed by atoms with Crippen LogP contribution in [0.2, 0.25) is 0 Å². The standard InChI is InChI=1S/C15H16N4OS/c1-9-13(7-17-19-9)6-16-15(20)12-4-3-11(5-12)14-8-21-10(2)18-14/h3,5,7-8H,4,6H2,1-2H3,(H,16,20)(H,17,19). The predicted octanol–water partition coefficient (Wildman–Crippen LogP) is 2.51. The topological polar surface area (TPSA) is 70.7 Å². The van der Waals surface area contributed by atoms with E-state index in [1.165, 1.54) is 0 Å². The maximum Gasteiger partial charge on any atom is 0.247 e. The van der Waals surface area contributed by atoms with Crippen molar-refractivity contribution in [3.63, 3.8) is 0 Å². The number of aromatic amines is 1. The van der Waals surface area contributed by atoms with Crippen LogP contribution >= 0.6 is 11.3 Å². The van der Waals surface area contributed by atoms with Gasteiger partial charge < -0.3 is 5.32 Å². The Morgan fingerprint density at radius 1 is 1.48 bits per heavy atom. The number of hydrogen-bond acceptors (Lipinski definition) is 4. The normalized spacial score (nSPS) is 14.0. The van der Waals surface area contributed by atoms with Gasteiger partial charge in [0.1, 0.15) is 0 Å². The lowest BCUT2D eigenvalue weighted by Gasteiger charge is -2.04. The minimum absolute atomic E-state index is 0.0335. The van der Waals surface area contributed by atoms with Gasteiger partial charge in [0, 0.05) is 28.8 Å². The minimum atomic E-state index is -0.0335. The summed E-state index contributed by atoms with van der Waals surface area (Å²) in [6.07, 6.45) is 6.36. The van der Waals surface area contributed by atoms with Crippen LogP contribution < -0.4 is 5.32 Å². The van der Waals surface area contributed by atoms with E-state index in [9.17, 15) is 4.79 Å². The van der Waals surface area contributed by atoms with Crippen LogP contribution in [0.3, 0.4) is 0 Å². The first-order valence-corrected chi connectivity index (χ1v) is 7.61. The van der Waals surface area contributed by atoms with Crippen molar-refractivity contribution in [3.8, 4) is 0 Å². The van der Waals surface area contributed by atoms with Gasteiger partial charge in [0.05, 0.1) is 16.9 Å². The molecule has 0 saturated carbocycles. The third-order valence-corrected chi connectivity index (χ3v) is 4.23. The van der Waals surface area contributed by atoms with Crippen LogP contribution in [0.5, 0.6) is 0 Å². The van der Waals surface area contributed by atoms with Crippen LogP contribution in [-0.4, -0.2) is 21.1 Å². The number of carbonyl (C=O) groups excluding carboxylic acids is 1. The zero-order valence-electron chi connectivity index (χ0n) is 11.9. The molecular formula is C15H16N4OS. The highest BCUT2D eigenvalue weighted by molar-refractivity contribution is 7.09. The Labute approximate surface area is 126 Å². The Morgan fingerprint density at radius 3 is 3.00 bits per heavy atom. The van der Waals surface area contributed by atoms with E-state index in [0.29, 0.717) is 13.0 Å². The molecule has 0 unspecified atom stereocenters. The first-order chi connectivity index (χ1) is 10.1. The molecule has 21 heavy (non-hydrogen) atoms. The summed E-state index contributed by atoms with van der Waals surface area (Å²) in [5, 5.41) is 12.8. The van der Waals surface area contributed by atoms with Gasteiger partial charge >= 0.3 is 0 Å². The van der Waals surface area contributed by atoms with Gasteiger partial charge in [-0.15, -0.1) is 11.3 Å². The van der Waals surface area contributed by atoms with Crippen molar-refractivity contribution in [1.29, 1.82) is 0 Å². The molecule has 0 aliphatic heterocycles. The molecule has 108 valence electrons. The van der Waals surface area contributed by atoms with Crippen LogP contribution in [0, 0.1) is 13.8 Å². The molecule has 6 heteroatoms. The lowest BCUT2D eigenvalue weighted by Crippen LogP contribution is -2.24. The minimum Gasteiger partial charge on any atom is -0.348 e. The number of H-pyrrole nitrogens is 1. The van der Waals surface area contributed by atoms with E-state index in [2.05, 4.69) is 20.5 Å².